The number of fused-ring (bicyclic) bond motifs is 5. The number of carbonyl (C=O) groups is 2. The molecule has 3 saturated carbocycles. The molecule has 1 saturated heterocycles. The molecule has 2 amide bonds. The lowest BCUT2D eigenvalue weighted by Gasteiger charge is -2.58. The van der Waals surface area contributed by atoms with Crippen LogP contribution in [0.4, 0.5) is 0 Å². The van der Waals surface area contributed by atoms with Crippen LogP contribution in [0.2, 0.25) is 0 Å². The molecule has 0 radical (unpaired) electrons. The fraction of sp³-hybridized carbons (Fsp3) is 0.812. The van der Waals surface area contributed by atoms with Crippen molar-refractivity contribution in [3.63, 3.8) is 0 Å². The molecule has 8 atom stereocenters. The van der Waals surface area contributed by atoms with E-state index in [1.54, 1.807) is 17.4 Å². The van der Waals surface area contributed by atoms with Crippen LogP contribution in [0.25, 0.3) is 0 Å². The number of hydrogen-bond donors (Lipinski definition) is 1. The minimum Gasteiger partial charge on any atom is -0.393 e. The van der Waals surface area contributed by atoms with Crippen LogP contribution in [0.15, 0.2) is 16.2 Å². The van der Waals surface area contributed by atoms with E-state index in [0.717, 1.165) is 43.4 Å². The van der Waals surface area contributed by atoms with Crippen molar-refractivity contribution >= 4 is 11.8 Å². The Morgan fingerprint density at radius 2 is 1.82 bits per heavy atom. The first-order chi connectivity index (χ1) is 19.1. The Labute approximate surface area is 238 Å². The summed E-state index contributed by atoms with van der Waals surface area (Å²) in [5.41, 5.74) is 2.21. The number of carbonyl (C=O) groups excluding carboxylic acids is 2. The Morgan fingerprint density at radius 1 is 1.07 bits per heavy atom. The van der Waals surface area contributed by atoms with E-state index in [2.05, 4.69) is 37.0 Å². The monoisotopic (exact) mass is 552 g/mol. The molecule has 4 aliphatic carbocycles. The Balaban J connectivity index is 1.02. The van der Waals surface area contributed by atoms with Gasteiger partial charge in [0.1, 0.15) is 0 Å². The highest BCUT2D eigenvalue weighted by Crippen LogP contribution is 2.67. The molecule has 1 aromatic heterocycles. The number of aryl methyl sites for hydroxylation is 1. The summed E-state index contributed by atoms with van der Waals surface area (Å²) in [5.74, 6) is 3.99. The van der Waals surface area contributed by atoms with Crippen LogP contribution in [0.5, 0.6) is 0 Å². The number of aliphatic hydroxyl groups excluding tert-OH is 1. The number of piperazine rings is 1. The third kappa shape index (κ3) is 4.72. The van der Waals surface area contributed by atoms with Crippen LogP contribution < -0.4 is 0 Å². The molecule has 4 fully saturated rings. The summed E-state index contributed by atoms with van der Waals surface area (Å²) in [4.78, 5) is 33.4. The summed E-state index contributed by atoms with van der Waals surface area (Å²) < 4.78 is 5.03. The zero-order chi connectivity index (χ0) is 28.2. The lowest BCUT2D eigenvalue weighted by Crippen LogP contribution is -2.51. The van der Waals surface area contributed by atoms with Crippen molar-refractivity contribution in [3.05, 3.63) is 23.4 Å². The lowest BCUT2D eigenvalue weighted by molar-refractivity contribution is -0.133. The SMILES string of the molecule is Cc1noc(C(=O)N2CCN(C(=O)CC[C@@H](C)[C@H]3CC[C@H]4[C@@H]5CC=C6C[C@@H](O)CC[C@]6(C)[C@H]5CC[C@]34C)CC2)n1. The molecule has 1 aromatic rings. The highest BCUT2D eigenvalue weighted by molar-refractivity contribution is 5.89. The van der Waals surface area contributed by atoms with Crippen LogP contribution in [0, 0.1) is 47.3 Å². The van der Waals surface area contributed by atoms with Gasteiger partial charge in [-0.3, -0.25) is 9.59 Å². The van der Waals surface area contributed by atoms with Gasteiger partial charge in [0.15, 0.2) is 5.82 Å². The highest BCUT2D eigenvalue weighted by Gasteiger charge is 2.59. The number of nitrogens with zero attached hydrogens (tertiary/aromatic N) is 4. The highest BCUT2D eigenvalue weighted by atomic mass is 16.5. The Morgan fingerprint density at radius 3 is 2.55 bits per heavy atom. The molecule has 5 aliphatic rings. The number of hydrogen-bond acceptors (Lipinski definition) is 6. The summed E-state index contributed by atoms with van der Waals surface area (Å²) in [5, 5.41) is 14.0. The first-order valence-electron chi connectivity index (χ1n) is 15.8. The Hall–Kier alpha value is -2.22. The van der Waals surface area contributed by atoms with Gasteiger partial charge in [-0.25, -0.2) is 0 Å². The standard InChI is InChI=1S/C32H48N4O4/c1-20(5-10-28(38)35-15-17-36(18-16-35)30(39)29-33-21(2)34-40-29)25-8-9-26-24-7-6-22-19-23(37)11-13-31(22,3)27(24)12-14-32(25,26)4/h6,20,23-27,37H,5,7-19H2,1-4H3/t20-,23+,24+,25-,26+,27+,31+,32-/m1/s1. The Bertz CT molecular complexity index is 1160. The van der Waals surface area contributed by atoms with Gasteiger partial charge in [0, 0.05) is 32.6 Å². The fourth-order valence-corrected chi connectivity index (χ4v) is 10.0. The predicted molar refractivity (Wildman–Crippen MR) is 151 cm³/mol. The van der Waals surface area contributed by atoms with E-state index in [0.29, 0.717) is 61.1 Å². The number of aliphatic hydroxyl groups is 1. The summed E-state index contributed by atoms with van der Waals surface area (Å²) >= 11 is 0. The van der Waals surface area contributed by atoms with Crippen LogP contribution in [0.1, 0.15) is 101 Å². The summed E-state index contributed by atoms with van der Waals surface area (Å²) in [7, 11) is 0. The van der Waals surface area contributed by atoms with E-state index in [4.69, 9.17) is 4.52 Å². The maximum absolute atomic E-state index is 13.2. The minimum absolute atomic E-state index is 0.0276. The second-order valence-corrected chi connectivity index (χ2v) is 14.2. The van der Waals surface area contributed by atoms with Gasteiger partial charge in [0.2, 0.25) is 5.91 Å². The summed E-state index contributed by atoms with van der Waals surface area (Å²) in [6, 6.07) is 0. The molecule has 2 heterocycles. The van der Waals surface area contributed by atoms with Crippen molar-refractivity contribution in [1.82, 2.24) is 19.9 Å². The number of aromatic nitrogens is 2. The summed E-state index contributed by atoms with van der Waals surface area (Å²) in [6.07, 6.45) is 13.4. The van der Waals surface area contributed by atoms with E-state index in [-0.39, 0.29) is 23.8 Å². The van der Waals surface area contributed by atoms with Gasteiger partial charge in [-0.15, -0.1) is 0 Å². The third-order valence-corrected chi connectivity index (χ3v) is 12.3. The molecule has 1 N–H and O–H groups in total. The van der Waals surface area contributed by atoms with E-state index >= 15 is 0 Å². The van der Waals surface area contributed by atoms with Gasteiger partial charge in [0.05, 0.1) is 6.10 Å². The van der Waals surface area contributed by atoms with Crippen molar-refractivity contribution in [3.8, 4) is 0 Å². The first kappa shape index (κ1) is 27.9. The number of allylic oxidation sites excluding steroid dienone is 1. The molecule has 0 bridgehead atoms. The molecule has 1 aliphatic heterocycles. The molecule has 220 valence electrons. The molecular weight excluding hydrogens is 504 g/mol. The van der Waals surface area contributed by atoms with Gasteiger partial charge in [0.25, 0.3) is 0 Å². The summed E-state index contributed by atoms with van der Waals surface area (Å²) in [6.45, 7) is 11.3. The van der Waals surface area contributed by atoms with E-state index in [1.165, 1.54) is 32.1 Å². The van der Waals surface area contributed by atoms with E-state index < -0.39 is 0 Å². The molecule has 0 unspecified atom stereocenters. The van der Waals surface area contributed by atoms with Gasteiger partial charge in [-0.1, -0.05) is 37.6 Å². The zero-order valence-electron chi connectivity index (χ0n) is 24.9. The smallest absolute Gasteiger partial charge is 0.316 e. The van der Waals surface area contributed by atoms with Gasteiger partial charge < -0.3 is 19.4 Å². The molecule has 8 heteroatoms. The second-order valence-electron chi connectivity index (χ2n) is 14.2. The van der Waals surface area contributed by atoms with Crippen molar-refractivity contribution in [2.45, 2.75) is 98.0 Å². The van der Waals surface area contributed by atoms with Crippen molar-refractivity contribution in [2.24, 2.45) is 40.4 Å². The minimum atomic E-state index is -0.250. The molecular formula is C32H48N4O4. The zero-order valence-corrected chi connectivity index (χ0v) is 24.9. The first-order valence-corrected chi connectivity index (χ1v) is 15.8. The van der Waals surface area contributed by atoms with Gasteiger partial charge >= 0.3 is 11.8 Å². The average Bonchev–Trinajstić information content (AvgIpc) is 3.54. The van der Waals surface area contributed by atoms with Crippen molar-refractivity contribution in [1.29, 1.82) is 0 Å². The van der Waals surface area contributed by atoms with Crippen molar-refractivity contribution in [2.75, 3.05) is 26.2 Å². The van der Waals surface area contributed by atoms with Crippen LogP contribution in [-0.2, 0) is 4.79 Å². The molecule has 8 nitrogen and oxygen atoms in total. The van der Waals surface area contributed by atoms with Gasteiger partial charge in [-0.2, -0.15) is 4.98 Å². The molecule has 0 spiro atoms. The normalized spacial score (nSPS) is 38.2. The van der Waals surface area contributed by atoms with Crippen LogP contribution in [0.3, 0.4) is 0 Å². The van der Waals surface area contributed by atoms with Crippen molar-refractivity contribution < 1.29 is 19.2 Å². The maximum Gasteiger partial charge on any atom is 0.316 e. The lowest BCUT2D eigenvalue weighted by atomic mass is 9.47. The fourth-order valence-electron chi connectivity index (χ4n) is 10.0. The third-order valence-electron chi connectivity index (χ3n) is 12.3. The number of amides is 2. The second kappa shape index (κ2) is 10.6. The average molecular weight is 553 g/mol. The Kier molecular flexibility index (Phi) is 7.37. The molecule has 0 aromatic carbocycles. The van der Waals surface area contributed by atoms with E-state index in [9.17, 15) is 14.7 Å². The molecule has 40 heavy (non-hydrogen) atoms. The van der Waals surface area contributed by atoms with E-state index in [1.807, 2.05) is 4.90 Å². The van der Waals surface area contributed by atoms with Gasteiger partial charge in [-0.05, 0) is 105 Å². The molecule has 6 rings (SSSR count). The van der Waals surface area contributed by atoms with Crippen LogP contribution >= 0.6 is 0 Å². The topological polar surface area (TPSA) is 99.8 Å². The largest absolute Gasteiger partial charge is 0.393 e. The predicted octanol–water partition coefficient (Wildman–Crippen LogP) is 5.02. The quantitative estimate of drug-likeness (QED) is 0.515. The number of rotatable bonds is 5. The maximum atomic E-state index is 13.2. The van der Waals surface area contributed by atoms with Crippen LogP contribution in [-0.4, -0.2) is 69.1 Å².